The summed E-state index contributed by atoms with van der Waals surface area (Å²) in [5.74, 6) is 1.70. The van der Waals surface area contributed by atoms with Gasteiger partial charge in [-0.2, -0.15) is 0 Å². The van der Waals surface area contributed by atoms with Gasteiger partial charge >= 0.3 is 13.2 Å². The van der Waals surface area contributed by atoms with Crippen LogP contribution in [0.2, 0.25) is 0 Å². The van der Waals surface area contributed by atoms with Gasteiger partial charge in [-0.05, 0) is 43.4 Å². The summed E-state index contributed by atoms with van der Waals surface area (Å²) in [5, 5.41) is 0. The molecule has 0 spiro atoms. The van der Waals surface area contributed by atoms with E-state index in [4.69, 9.17) is 18.5 Å². The lowest BCUT2D eigenvalue weighted by Gasteiger charge is -2.47. The summed E-state index contributed by atoms with van der Waals surface area (Å²) >= 11 is 0. The van der Waals surface area contributed by atoms with Crippen LogP contribution in [-0.4, -0.2) is 53.1 Å². The highest BCUT2D eigenvalue weighted by Crippen LogP contribution is 2.56. The van der Waals surface area contributed by atoms with E-state index in [2.05, 4.69) is 70.3 Å². The molecular formula is C29H52N4O5P+. The number of hydrogen-bond acceptors (Lipinski definition) is 7. The fourth-order valence-electron chi connectivity index (χ4n) is 6.05. The Kier molecular flexibility index (Phi) is 10.8. The number of imidazole rings is 1. The topological polar surface area (TPSA) is 99.4 Å². The van der Waals surface area contributed by atoms with Gasteiger partial charge in [0.2, 0.25) is 0 Å². The highest BCUT2D eigenvalue weighted by molar-refractivity contribution is 7.53. The Morgan fingerprint density at radius 3 is 2.44 bits per heavy atom. The third kappa shape index (κ3) is 6.92. The van der Waals surface area contributed by atoms with Crippen LogP contribution >= 0.6 is 7.60 Å². The van der Waals surface area contributed by atoms with E-state index in [0.29, 0.717) is 30.8 Å². The van der Waals surface area contributed by atoms with Gasteiger partial charge in [0.15, 0.2) is 24.4 Å². The van der Waals surface area contributed by atoms with Crippen LogP contribution in [0.4, 0.5) is 0 Å². The zero-order valence-electron chi connectivity index (χ0n) is 25.9. The van der Waals surface area contributed by atoms with E-state index in [9.17, 15) is 4.57 Å². The summed E-state index contributed by atoms with van der Waals surface area (Å²) in [7, 11) is -1.87. The van der Waals surface area contributed by atoms with Crippen LogP contribution in [0.3, 0.4) is 0 Å². The van der Waals surface area contributed by atoms with Crippen LogP contribution in [0.25, 0.3) is 11.2 Å². The van der Waals surface area contributed by atoms with Crippen molar-refractivity contribution in [1.29, 1.82) is 0 Å². The molecule has 1 fully saturated rings. The first kappa shape index (κ1) is 32.1. The second kappa shape index (κ2) is 13.1. The zero-order valence-corrected chi connectivity index (χ0v) is 26.8. The summed E-state index contributed by atoms with van der Waals surface area (Å²) in [6, 6.07) is 0. The first-order valence-corrected chi connectivity index (χ1v) is 16.6. The van der Waals surface area contributed by atoms with Crippen LogP contribution < -0.4 is 4.57 Å². The molecule has 1 N–H and O–H groups in total. The molecule has 1 saturated heterocycles. The molecule has 0 amide bonds. The Morgan fingerprint density at radius 1 is 1.15 bits per heavy atom. The Hall–Kier alpha value is -1.38. The third-order valence-electron chi connectivity index (χ3n) is 9.76. The van der Waals surface area contributed by atoms with Gasteiger partial charge in [0.05, 0.1) is 17.9 Å². The van der Waals surface area contributed by atoms with Crippen molar-refractivity contribution in [2.75, 3.05) is 20.4 Å². The largest absolute Gasteiger partial charge is 0.382 e. The van der Waals surface area contributed by atoms with Crippen LogP contribution in [0.5, 0.6) is 0 Å². The number of nitrogens with zero attached hydrogens (tertiary/aromatic N) is 3. The average Bonchev–Trinajstić information content (AvgIpc) is 3.50. The lowest BCUT2D eigenvalue weighted by Crippen LogP contribution is -2.48. The maximum atomic E-state index is 14.2. The summed E-state index contributed by atoms with van der Waals surface area (Å²) in [6.45, 7) is 21.7. The summed E-state index contributed by atoms with van der Waals surface area (Å²) in [5.41, 5.74) is 1.85. The highest BCUT2D eigenvalue weighted by atomic mass is 31.2. The summed E-state index contributed by atoms with van der Waals surface area (Å²) in [4.78, 5) is 12.0. The molecule has 10 heteroatoms. The molecule has 2 aromatic rings. The molecule has 39 heavy (non-hydrogen) atoms. The fraction of sp³-hybridized carbons (Fsp3) is 0.828. The van der Waals surface area contributed by atoms with Gasteiger partial charge in [-0.3, -0.25) is 9.55 Å². The van der Waals surface area contributed by atoms with Crippen LogP contribution in [0.1, 0.15) is 86.6 Å². The summed E-state index contributed by atoms with van der Waals surface area (Å²) in [6.07, 6.45) is 4.79. The summed E-state index contributed by atoms with van der Waals surface area (Å²) < 4.78 is 41.0. The van der Waals surface area contributed by atoms with Gasteiger partial charge in [0.1, 0.15) is 12.2 Å². The minimum atomic E-state index is -3.50. The van der Waals surface area contributed by atoms with E-state index in [1.165, 1.54) is 0 Å². The highest BCUT2D eigenvalue weighted by Gasteiger charge is 2.49. The number of nitrogens with one attached hydrogen (secondary N) is 1. The maximum absolute atomic E-state index is 14.2. The van der Waals surface area contributed by atoms with E-state index in [0.717, 1.165) is 29.7 Å². The number of methoxy groups -OCH3 is 1. The van der Waals surface area contributed by atoms with Crippen molar-refractivity contribution >= 4 is 18.8 Å². The minimum Gasteiger partial charge on any atom is -0.382 e. The molecule has 1 aliphatic rings. The quantitative estimate of drug-likeness (QED) is 0.206. The van der Waals surface area contributed by atoms with Crippen molar-refractivity contribution in [1.82, 2.24) is 15.0 Å². The minimum absolute atomic E-state index is 0.181. The lowest BCUT2D eigenvalue weighted by molar-refractivity contribution is -0.738. The molecule has 2 aromatic heterocycles. The second-order valence-electron chi connectivity index (χ2n) is 12.1. The maximum Gasteiger partial charge on any atom is 0.328 e. The molecule has 0 aliphatic carbocycles. The van der Waals surface area contributed by atoms with Gasteiger partial charge in [-0.15, -0.1) is 0 Å². The predicted octanol–water partition coefficient (Wildman–Crippen LogP) is 6.47. The second-order valence-corrected chi connectivity index (χ2v) is 14.0. The van der Waals surface area contributed by atoms with E-state index < -0.39 is 25.4 Å². The molecule has 0 bridgehead atoms. The number of hydrogen-bond donors (Lipinski definition) is 1. The van der Waals surface area contributed by atoms with E-state index in [1.54, 1.807) is 20.1 Å². The van der Waals surface area contributed by atoms with Gasteiger partial charge in [0.25, 0.3) is 0 Å². The standard InChI is InChI=1S/C29H51N4O5P/c1-12-18(3)20(5)22(7)29(9,21(6)19(4)13-2)38-39(11,34)37-24-14-26(36-25(24)15-35-10)33-17-32-27-23(8)30-16-31-28(27)33/h16-22,24-26H,12-15H2,1-11H3/p+1. The van der Waals surface area contributed by atoms with Crippen molar-refractivity contribution in [2.45, 2.75) is 106 Å². The molecule has 10 atom stereocenters. The zero-order chi connectivity index (χ0) is 29.1. The first-order valence-electron chi connectivity index (χ1n) is 14.6. The van der Waals surface area contributed by atoms with Gasteiger partial charge < -0.3 is 18.5 Å². The first-order chi connectivity index (χ1) is 18.3. The lowest BCUT2D eigenvalue weighted by atomic mass is 9.67. The van der Waals surface area contributed by atoms with Crippen LogP contribution in [-0.2, 0) is 23.1 Å². The van der Waals surface area contributed by atoms with E-state index in [1.807, 2.05) is 17.8 Å². The molecule has 9 nitrogen and oxygen atoms in total. The molecule has 3 heterocycles. The Labute approximate surface area is 235 Å². The average molecular weight is 568 g/mol. The van der Waals surface area contributed by atoms with Gasteiger partial charge in [-0.25, -0.2) is 9.55 Å². The molecule has 0 saturated carbocycles. The molecular weight excluding hydrogens is 515 g/mol. The molecule has 1 aliphatic heterocycles. The number of H-pyrrole nitrogens is 1. The Morgan fingerprint density at radius 2 is 1.82 bits per heavy atom. The van der Waals surface area contributed by atoms with Crippen molar-refractivity contribution in [3.63, 3.8) is 0 Å². The SMILES string of the molecule is CCC(C)C(C)C(C)C(C)(OP(C)(=O)OC1CC([n+]2c[nH]c3c(C)ncnc32)OC1COC)C(C)C(C)CC. The van der Waals surface area contributed by atoms with E-state index >= 15 is 0 Å². The number of aromatic amines is 1. The van der Waals surface area contributed by atoms with Crippen molar-refractivity contribution < 1.29 is 27.7 Å². The Balaban J connectivity index is 1.87. The number of aromatic nitrogens is 4. The van der Waals surface area contributed by atoms with Crippen molar-refractivity contribution in [2.24, 2.45) is 29.6 Å². The number of rotatable bonds is 14. The molecule has 0 radical (unpaired) electrons. The van der Waals surface area contributed by atoms with Gasteiger partial charge in [-0.1, -0.05) is 66.3 Å². The smallest absolute Gasteiger partial charge is 0.328 e. The van der Waals surface area contributed by atoms with Crippen LogP contribution in [0.15, 0.2) is 12.7 Å². The van der Waals surface area contributed by atoms with Crippen molar-refractivity contribution in [3.8, 4) is 0 Å². The molecule has 3 rings (SSSR count). The number of ether oxygens (including phenoxy) is 2. The third-order valence-corrected chi connectivity index (χ3v) is 11.1. The molecule has 222 valence electrons. The van der Waals surface area contributed by atoms with Crippen LogP contribution in [0, 0.1) is 36.5 Å². The molecule has 0 aromatic carbocycles. The predicted molar refractivity (Wildman–Crippen MR) is 154 cm³/mol. The van der Waals surface area contributed by atoms with Crippen molar-refractivity contribution in [3.05, 3.63) is 18.3 Å². The number of aryl methyl sites for hydroxylation is 1. The fourth-order valence-corrected chi connectivity index (χ4v) is 7.85. The van der Waals surface area contributed by atoms with Gasteiger partial charge in [0, 0.05) is 20.2 Å². The number of fused-ring (bicyclic) bond motifs is 1. The normalized spacial score (nSPS) is 27.0. The Bertz CT molecular complexity index is 1130. The van der Waals surface area contributed by atoms with E-state index in [-0.39, 0.29) is 18.1 Å². The monoisotopic (exact) mass is 567 g/mol. The molecule has 10 unspecified atom stereocenters.